The number of hydrogen-bond acceptors (Lipinski definition) is 15. The third kappa shape index (κ3) is 13.4. The van der Waals surface area contributed by atoms with Crippen LogP contribution in [0.15, 0.2) is 28.9 Å². The van der Waals surface area contributed by atoms with Gasteiger partial charge in [0.25, 0.3) is 6.01 Å². The molecule has 4 rings (SSSR count). The van der Waals surface area contributed by atoms with E-state index in [4.69, 9.17) is 54.1 Å². The average molecular weight is 703 g/mol. The number of oxazole rings is 1. The van der Waals surface area contributed by atoms with Crippen molar-refractivity contribution < 1.29 is 42.4 Å². The zero-order chi connectivity index (χ0) is 35.2. The number of aryl methyl sites for hydroxylation is 1. The van der Waals surface area contributed by atoms with Crippen LogP contribution in [0.25, 0.3) is 33.4 Å². The van der Waals surface area contributed by atoms with Crippen molar-refractivity contribution in [2.45, 2.75) is 32.7 Å². The second-order valence-electron chi connectivity index (χ2n) is 10.9. The van der Waals surface area contributed by atoms with Crippen molar-refractivity contribution in [2.24, 2.45) is 0 Å². The summed E-state index contributed by atoms with van der Waals surface area (Å²) >= 11 is 0. The average Bonchev–Trinajstić information content (AvgIpc) is 3.68. The Morgan fingerprint density at radius 3 is 2.02 bits per heavy atom. The smallest absolute Gasteiger partial charge is 0.292 e. The number of unbranched alkanes of at least 4 members (excludes halogenated alkanes) is 1. The van der Waals surface area contributed by atoms with Crippen LogP contribution in [0.1, 0.15) is 26.2 Å². The number of hydrogen-bond donors (Lipinski definition) is 3. The number of nitrogens with zero attached hydrogens (tertiary/aromatic N) is 5. The molecule has 3 aromatic heterocycles. The molecular formula is C33H50N8O9. The summed E-state index contributed by atoms with van der Waals surface area (Å²) in [6.45, 7) is 10.1. The third-order valence-corrected chi connectivity index (χ3v) is 7.26. The molecule has 0 unspecified atom stereocenters. The van der Waals surface area contributed by atoms with E-state index in [1.165, 1.54) is 6.33 Å². The number of nitrogens with two attached hydrogens (primary N) is 2. The molecule has 0 fully saturated rings. The summed E-state index contributed by atoms with van der Waals surface area (Å²) in [5, 5.41) is 8.39. The van der Waals surface area contributed by atoms with E-state index in [1.54, 1.807) is 6.07 Å². The van der Waals surface area contributed by atoms with Crippen LogP contribution in [-0.4, -0.2) is 130 Å². The van der Waals surface area contributed by atoms with Crippen molar-refractivity contribution in [1.82, 2.24) is 30.0 Å². The number of amides is 1. The Morgan fingerprint density at radius 2 is 1.40 bits per heavy atom. The Bertz CT molecular complexity index is 1550. The highest BCUT2D eigenvalue weighted by Crippen LogP contribution is 2.32. The quantitative estimate of drug-likeness (QED) is 0.0724. The Morgan fingerprint density at radius 1 is 0.800 bits per heavy atom. The number of nitrogens with one attached hydrogen (secondary N) is 1. The summed E-state index contributed by atoms with van der Waals surface area (Å²) in [5.74, 6) is 0.278. The molecule has 17 heteroatoms. The van der Waals surface area contributed by atoms with Crippen molar-refractivity contribution in [3.63, 3.8) is 0 Å². The van der Waals surface area contributed by atoms with Crippen LogP contribution in [-0.2, 0) is 44.5 Å². The monoisotopic (exact) mass is 702 g/mol. The first-order valence-electron chi connectivity index (χ1n) is 17.0. The van der Waals surface area contributed by atoms with Crippen molar-refractivity contribution in [1.29, 1.82) is 0 Å². The molecule has 276 valence electrons. The first-order chi connectivity index (χ1) is 24.6. The molecule has 50 heavy (non-hydrogen) atoms. The zero-order valence-electron chi connectivity index (χ0n) is 28.8. The van der Waals surface area contributed by atoms with Gasteiger partial charge in [0.15, 0.2) is 11.2 Å². The zero-order valence-corrected chi connectivity index (χ0v) is 28.8. The fourth-order valence-corrected chi connectivity index (χ4v) is 4.81. The molecule has 1 aromatic carbocycles. The second-order valence-corrected chi connectivity index (χ2v) is 10.9. The molecule has 0 aliphatic carbocycles. The molecule has 0 saturated carbocycles. The third-order valence-electron chi connectivity index (χ3n) is 7.26. The molecule has 0 aliphatic rings. The van der Waals surface area contributed by atoms with Crippen LogP contribution < -0.4 is 16.8 Å². The summed E-state index contributed by atoms with van der Waals surface area (Å²) in [7, 11) is 0. The maximum absolute atomic E-state index is 12.2. The van der Waals surface area contributed by atoms with Crippen molar-refractivity contribution in [2.75, 3.05) is 111 Å². The topological polar surface area (TPSA) is 215 Å². The number of fused-ring (bicyclic) bond motifs is 2. The Hall–Kier alpha value is -3.97. The number of carbonyl (C=O) groups excluding carboxylic acids is 1. The van der Waals surface area contributed by atoms with Crippen LogP contribution in [0.5, 0.6) is 0 Å². The number of carbonyl (C=O) groups is 1. The molecule has 0 aliphatic heterocycles. The SMILES string of the molecule is CCOCCOCCOCCOCCOCCOCCOCCC(=O)NCCCCn1nc(-c2ccc3oc(N)nc3c2)c2c(N)ncnc21. The van der Waals surface area contributed by atoms with Crippen LogP contribution in [0.4, 0.5) is 11.8 Å². The lowest BCUT2D eigenvalue weighted by Crippen LogP contribution is -2.26. The number of rotatable bonds is 28. The standard InChI is InChI=1S/C33H50N8O9/c1-2-43-11-12-45-15-16-47-19-20-49-22-21-48-18-17-46-14-13-44-10-7-28(42)36-8-3-4-9-41-32-29(31(34)37-24-38-32)30(40-41)25-5-6-27-26(23-25)39-33(35)50-27/h5-6,23-24H,2-4,7-22H2,1H3,(H2,35,39)(H,36,42)(H2,34,37,38). The molecule has 0 spiro atoms. The summed E-state index contributed by atoms with van der Waals surface area (Å²) in [6, 6.07) is 5.61. The largest absolute Gasteiger partial charge is 0.424 e. The number of benzene rings is 1. The van der Waals surface area contributed by atoms with Crippen LogP contribution in [0, 0.1) is 0 Å². The minimum atomic E-state index is -0.0633. The predicted octanol–water partition coefficient (Wildman–Crippen LogP) is 2.22. The van der Waals surface area contributed by atoms with E-state index in [-0.39, 0.29) is 18.3 Å². The van der Waals surface area contributed by atoms with E-state index in [2.05, 4.69) is 20.3 Å². The number of aromatic nitrogens is 5. The maximum Gasteiger partial charge on any atom is 0.292 e. The second kappa shape index (κ2) is 22.7. The van der Waals surface area contributed by atoms with Gasteiger partial charge in [0.2, 0.25) is 5.91 Å². The van der Waals surface area contributed by atoms with Crippen LogP contribution >= 0.6 is 0 Å². The van der Waals surface area contributed by atoms with Gasteiger partial charge in [-0.1, -0.05) is 0 Å². The summed E-state index contributed by atoms with van der Waals surface area (Å²) in [5.41, 5.74) is 15.2. The molecule has 3 heterocycles. The van der Waals surface area contributed by atoms with Gasteiger partial charge in [-0.3, -0.25) is 4.79 Å². The molecule has 1 amide bonds. The van der Waals surface area contributed by atoms with Gasteiger partial charge < -0.3 is 54.4 Å². The van der Waals surface area contributed by atoms with E-state index in [1.807, 2.05) is 23.7 Å². The lowest BCUT2D eigenvalue weighted by Gasteiger charge is -2.08. The first-order valence-corrected chi connectivity index (χ1v) is 17.0. The van der Waals surface area contributed by atoms with Gasteiger partial charge in [0, 0.05) is 31.7 Å². The molecule has 17 nitrogen and oxygen atoms in total. The Balaban J connectivity index is 0.966. The Kier molecular flexibility index (Phi) is 17.6. The van der Waals surface area contributed by atoms with E-state index < -0.39 is 0 Å². The molecule has 0 bridgehead atoms. The molecular weight excluding hydrogens is 652 g/mol. The normalized spacial score (nSPS) is 11.6. The van der Waals surface area contributed by atoms with Gasteiger partial charge in [-0.15, -0.1) is 0 Å². The number of nitrogen functional groups attached to an aromatic ring is 2. The van der Waals surface area contributed by atoms with Gasteiger partial charge in [-0.25, -0.2) is 14.6 Å². The van der Waals surface area contributed by atoms with E-state index >= 15 is 0 Å². The first kappa shape index (κ1) is 38.8. The fourth-order valence-electron chi connectivity index (χ4n) is 4.81. The molecule has 0 atom stereocenters. The minimum Gasteiger partial charge on any atom is -0.424 e. The summed E-state index contributed by atoms with van der Waals surface area (Å²) < 4.78 is 45.1. The van der Waals surface area contributed by atoms with Gasteiger partial charge in [-0.05, 0) is 38.0 Å². The minimum absolute atomic E-state index is 0.0633. The summed E-state index contributed by atoms with van der Waals surface area (Å²) in [4.78, 5) is 25.0. The highest BCUT2D eigenvalue weighted by atomic mass is 16.6. The maximum atomic E-state index is 12.2. The van der Waals surface area contributed by atoms with Gasteiger partial charge in [-0.2, -0.15) is 10.1 Å². The van der Waals surface area contributed by atoms with Crippen molar-refractivity contribution in [3.05, 3.63) is 24.5 Å². The molecule has 5 N–H and O–H groups in total. The van der Waals surface area contributed by atoms with Crippen LogP contribution in [0.2, 0.25) is 0 Å². The molecule has 0 radical (unpaired) electrons. The van der Waals surface area contributed by atoms with Gasteiger partial charge >= 0.3 is 0 Å². The highest BCUT2D eigenvalue weighted by molar-refractivity contribution is 5.99. The van der Waals surface area contributed by atoms with Gasteiger partial charge in [0.1, 0.15) is 23.4 Å². The lowest BCUT2D eigenvalue weighted by atomic mass is 10.1. The molecule has 0 saturated heterocycles. The van der Waals surface area contributed by atoms with E-state index in [9.17, 15) is 4.79 Å². The van der Waals surface area contributed by atoms with Crippen molar-refractivity contribution in [3.8, 4) is 11.3 Å². The van der Waals surface area contributed by atoms with Crippen molar-refractivity contribution >= 4 is 39.9 Å². The highest BCUT2D eigenvalue weighted by Gasteiger charge is 2.18. The lowest BCUT2D eigenvalue weighted by molar-refractivity contribution is -0.122. The number of ether oxygens (including phenoxy) is 7. The number of anilines is 2. The van der Waals surface area contributed by atoms with Crippen LogP contribution in [0.3, 0.4) is 0 Å². The van der Waals surface area contributed by atoms with E-state index in [0.29, 0.717) is 139 Å². The van der Waals surface area contributed by atoms with Gasteiger partial charge in [0.05, 0.1) is 91.3 Å². The molecule has 4 aromatic rings. The Labute approximate surface area is 291 Å². The summed E-state index contributed by atoms with van der Waals surface area (Å²) in [6.07, 6.45) is 3.23. The predicted molar refractivity (Wildman–Crippen MR) is 185 cm³/mol. The fraction of sp³-hybridized carbons (Fsp3) is 0.606. The van der Waals surface area contributed by atoms with E-state index in [0.717, 1.165) is 18.4 Å².